The lowest BCUT2D eigenvalue weighted by atomic mass is 9.87. The second-order valence-corrected chi connectivity index (χ2v) is 8.77. The van der Waals surface area contributed by atoms with Gasteiger partial charge in [0.1, 0.15) is 17.5 Å². The minimum absolute atomic E-state index is 0.0194. The summed E-state index contributed by atoms with van der Waals surface area (Å²) in [5, 5.41) is 30.3. The van der Waals surface area contributed by atoms with Gasteiger partial charge in [0.25, 0.3) is 5.56 Å². The summed E-state index contributed by atoms with van der Waals surface area (Å²) in [6.07, 6.45) is -1.81. The molecule has 0 radical (unpaired) electrons. The molecule has 13 heteroatoms. The first-order valence-electron chi connectivity index (χ1n) is 10.1. The quantitative estimate of drug-likeness (QED) is 0.228. The smallest absolute Gasteiger partial charge is 0.371 e. The number of carbonyl (C=O) groups excluding carboxylic acids is 1. The molecule has 0 spiro atoms. The molecule has 1 fully saturated rings. The van der Waals surface area contributed by atoms with Gasteiger partial charge in [-0.25, -0.2) is 18.3 Å². The van der Waals surface area contributed by atoms with Gasteiger partial charge in [0.05, 0.1) is 26.8 Å². The number of aliphatic hydroxyl groups is 3. The van der Waals surface area contributed by atoms with Crippen molar-refractivity contribution < 1.29 is 28.9 Å². The maximum absolute atomic E-state index is 15.6. The van der Waals surface area contributed by atoms with E-state index < -0.39 is 40.1 Å². The highest BCUT2D eigenvalue weighted by atomic mass is 35.5. The van der Waals surface area contributed by atoms with Crippen molar-refractivity contribution in [2.24, 2.45) is 0 Å². The first-order chi connectivity index (χ1) is 16.4. The highest BCUT2D eigenvalue weighted by Gasteiger charge is 2.45. The zero-order valence-electron chi connectivity index (χ0n) is 17.8. The zero-order valence-corrected chi connectivity index (χ0v) is 19.3. The van der Waals surface area contributed by atoms with Crippen LogP contribution < -0.4 is 10.9 Å². The average Bonchev–Trinajstić information content (AvgIpc) is 3.22. The largest absolute Gasteiger partial charge is 0.377 e. The molecule has 1 saturated heterocycles. The Morgan fingerprint density at radius 2 is 1.94 bits per heavy atom. The van der Waals surface area contributed by atoms with Crippen LogP contribution in [0.4, 0.5) is 14.5 Å². The van der Waals surface area contributed by atoms with E-state index in [1.807, 2.05) is 0 Å². The number of hydrogen-bond acceptors (Lipinski definition) is 7. The van der Waals surface area contributed by atoms with Crippen molar-refractivity contribution in [3.8, 4) is 0 Å². The molecule has 9 nitrogen and oxygen atoms in total. The second-order valence-electron chi connectivity index (χ2n) is 7.98. The lowest BCUT2D eigenvalue weighted by Gasteiger charge is -2.33. The normalized spacial score (nSPS) is 18.2. The number of amides is 1. The van der Waals surface area contributed by atoms with Gasteiger partial charge in [-0.2, -0.15) is 0 Å². The van der Waals surface area contributed by atoms with Crippen LogP contribution in [-0.2, 0) is 16.4 Å². The van der Waals surface area contributed by atoms with Crippen LogP contribution in [0.25, 0.3) is 10.9 Å². The standard InChI is InChI=1S/C22H18Cl2F2N4O5/c1-2-15(31)29-8-7-21(9-29,17-12(25)4-3-11(23)18(17)24)28-14-6-5-13-16(19(14)26)20(32)30(10-27-13)22(33,34)35/h2-6,10,28,33-35H,1,7-9H2. The van der Waals surface area contributed by atoms with E-state index in [1.165, 1.54) is 23.1 Å². The second kappa shape index (κ2) is 8.85. The van der Waals surface area contributed by atoms with Gasteiger partial charge in [-0.1, -0.05) is 29.8 Å². The molecule has 1 amide bonds. The van der Waals surface area contributed by atoms with Crippen LogP contribution in [0.2, 0.25) is 10.0 Å². The highest BCUT2D eigenvalue weighted by Crippen LogP contribution is 2.43. The molecule has 1 atom stereocenters. The van der Waals surface area contributed by atoms with E-state index in [9.17, 15) is 24.9 Å². The summed E-state index contributed by atoms with van der Waals surface area (Å²) in [4.78, 5) is 30.1. The predicted molar refractivity (Wildman–Crippen MR) is 124 cm³/mol. The van der Waals surface area contributed by atoms with Crippen LogP contribution in [0.15, 0.2) is 48.0 Å². The first-order valence-corrected chi connectivity index (χ1v) is 10.9. The fourth-order valence-corrected chi connectivity index (χ4v) is 4.69. The van der Waals surface area contributed by atoms with E-state index >= 15 is 8.78 Å². The number of rotatable bonds is 5. The van der Waals surface area contributed by atoms with E-state index in [0.29, 0.717) is 6.33 Å². The van der Waals surface area contributed by atoms with E-state index in [0.717, 1.165) is 12.1 Å². The van der Waals surface area contributed by atoms with E-state index in [1.54, 1.807) is 0 Å². The SMILES string of the molecule is C=CC(=O)N1CCC(Nc2ccc3ncn(C(O)(O)O)c(=O)c3c2F)(c2c(F)ccc(Cl)c2Cl)C1. The number of fused-ring (bicyclic) bond motifs is 1. The van der Waals surface area contributed by atoms with E-state index in [2.05, 4.69) is 16.9 Å². The van der Waals surface area contributed by atoms with Crippen molar-refractivity contribution in [2.45, 2.75) is 18.1 Å². The molecule has 35 heavy (non-hydrogen) atoms. The van der Waals surface area contributed by atoms with Gasteiger partial charge < -0.3 is 25.5 Å². The molecule has 3 aromatic rings. The fourth-order valence-electron chi connectivity index (χ4n) is 4.20. The van der Waals surface area contributed by atoms with Gasteiger partial charge in [-0.3, -0.25) is 9.59 Å². The molecule has 0 saturated carbocycles. The monoisotopic (exact) mass is 526 g/mol. The minimum atomic E-state index is -3.62. The summed E-state index contributed by atoms with van der Waals surface area (Å²) in [5.41, 5.74) is -3.30. The Morgan fingerprint density at radius 3 is 2.60 bits per heavy atom. The first kappa shape index (κ1) is 25.0. The van der Waals surface area contributed by atoms with Crippen molar-refractivity contribution >= 4 is 45.7 Å². The Kier molecular flexibility index (Phi) is 6.32. The van der Waals surface area contributed by atoms with Crippen LogP contribution in [0.1, 0.15) is 12.0 Å². The number of nitrogens with one attached hydrogen (secondary N) is 1. The molecule has 1 aromatic heterocycles. The Labute approximate surface area is 206 Å². The third-order valence-electron chi connectivity index (χ3n) is 5.84. The summed E-state index contributed by atoms with van der Waals surface area (Å²) >= 11 is 12.5. The number of hydrogen-bond donors (Lipinski definition) is 4. The van der Waals surface area contributed by atoms with Gasteiger partial charge in [0, 0.05) is 18.7 Å². The van der Waals surface area contributed by atoms with Crippen molar-refractivity contribution in [3.63, 3.8) is 0 Å². The Balaban J connectivity index is 1.91. The minimum Gasteiger partial charge on any atom is -0.371 e. The third-order valence-corrected chi connectivity index (χ3v) is 6.64. The average molecular weight is 527 g/mol. The number of halogens is 4. The van der Waals surface area contributed by atoms with Gasteiger partial charge in [-0.05, 0) is 36.8 Å². The number of aromatic nitrogens is 2. The Morgan fingerprint density at radius 1 is 1.23 bits per heavy atom. The van der Waals surface area contributed by atoms with Crippen molar-refractivity contribution in [2.75, 3.05) is 18.4 Å². The Hall–Kier alpha value is -3.09. The summed E-state index contributed by atoms with van der Waals surface area (Å²) in [6.45, 7) is 3.45. The lowest BCUT2D eigenvalue weighted by Crippen LogP contribution is -2.42. The van der Waals surface area contributed by atoms with Crippen LogP contribution in [0.3, 0.4) is 0 Å². The summed E-state index contributed by atoms with van der Waals surface area (Å²) < 4.78 is 30.7. The topological polar surface area (TPSA) is 128 Å². The third kappa shape index (κ3) is 4.26. The molecule has 2 heterocycles. The molecule has 0 aliphatic carbocycles. The Bertz CT molecular complexity index is 1430. The zero-order chi connectivity index (χ0) is 25.7. The van der Waals surface area contributed by atoms with Crippen molar-refractivity contribution in [3.05, 3.63) is 80.8 Å². The number of benzene rings is 2. The summed E-state index contributed by atoms with van der Waals surface area (Å²) in [7, 11) is 0. The number of anilines is 1. The molecule has 184 valence electrons. The van der Waals surface area contributed by atoms with E-state index in [4.69, 9.17) is 23.2 Å². The highest BCUT2D eigenvalue weighted by molar-refractivity contribution is 6.42. The molecule has 1 aliphatic rings. The van der Waals surface area contributed by atoms with E-state index in [-0.39, 0.29) is 50.9 Å². The van der Waals surface area contributed by atoms with Crippen LogP contribution >= 0.6 is 23.2 Å². The summed E-state index contributed by atoms with van der Waals surface area (Å²) in [5.74, 6) is -2.36. The van der Waals surface area contributed by atoms with Gasteiger partial charge in [-0.15, -0.1) is 0 Å². The number of likely N-dealkylation sites (tertiary alicyclic amines) is 1. The van der Waals surface area contributed by atoms with Crippen LogP contribution in [0.5, 0.6) is 0 Å². The number of nitrogens with zero attached hydrogens (tertiary/aromatic N) is 3. The maximum atomic E-state index is 15.6. The summed E-state index contributed by atoms with van der Waals surface area (Å²) in [6, 6.07) is 4.86. The predicted octanol–water partition coefficient (Wildman–Crippen LogP) is 2.25. The van der Waals surface area contributed by atoms with Gasteiger partial charge in [0.2, 0.25) is 5.91 Å². The van der Waals surface area contributed by atoms with Gasteiger partial charge >= 0.3 is 6.10 Å². The molecule has 2 aromatic carbocycles. The molecular weight excluding hydrogens is 509 g/mol. The lowest BCUT2D eigenvalue weighted by molar-refractivity contribution is -0.377. The number of carbonyl (C=O) groups is 1. The van der Waals surface area contributed by atoms with Gasteiger partial charge in [0.15, 0.2) is 5.82 Å². The molecule has 1 unspecified atom stereocenters. The van der Waals surface area contributed by atoms with Crippen molar-refractivity contribution in [1.82, 2.24) is 14.5 Å². The molecule has 1 aliphatic heterocycles. The fraction of sp³-hybridized carbons (Fsp3) is 0.227. The van der Waals surface area contributed by atoms with Crippen LogP contribution in [0, 0.1) is 11.6 Å². The van der Waals surface area contributed by atoms with Crippen LogP contribution in [-0.4, -0.2) is 48.8 Å². The van der Waals surface area contributed by atoms with Crippen molar-refractivity contribution in [1.29, 1.82) is 0 Å². The molecular formula is C22H18Cl2F2N4O5. The molecule has 4 rings (SSSR count). The molecule has 4 N–H and O–H groups in total. The molecule has 0 bridgehead atoms. The maximum Gasteiger partial charge on any atom is 0.377 e.